The molecule has 0 saturated heterocycles. The molecule has 100 valence electrons. The molecule has 1 unspecified atom stereocenters. The number of hydrogen-bond donors (Lipinski definition) is 4. The fourth-order valence-electron chi connectivity index (χ4n) is 1.13. The van der Waals surface area contributed by atoms with Gasteiger partial charge < -0.3 is 16.6 Å². The molecular weight excluding hydrogens is 265 g/mol. The van der Waals surface area contributed by atoms with Crippen LogP contribution in [0.25, 0.3) is 0 Å². The highest BCUT2D eigenvalue weighted by molar-refractivity contribution is 7.89. The number of nitrogen functional groups attached to an aromatic ring is 1. The molecule has 0 aliphatic rings. The second-order valence-electron chi connectivity index (χ2n) is 3.45. The molecule has 0 aliphatic carbocycles. The molecule has 0 fully saturated rings. The van der Waals surface area contributed by atoms with Crippen molar-refractivity contribution in [2.45, 2.75) is 11.0 Å². The molecule has 18 heavy (non-hydrogen) atoms. The summed E-state index contributed by atoms with van der Waals surface area (Å²) in [6.07, 6.45) is -1.65. The fourth-order valence-corrected chi connectivity index (χ4v) is 2.28. The van der Waals surface area contributed by atoms with Crippen molar-refractivity contribution in [1.29, 1.82) is 0 Å². The van der Waals surface area contributed by atoms with Crippen molar-refractivity contribution < 1.29 is 22.7 Å². The first-order valence-electron chi connectivity index (χ1n) is 4.76. The highest BCUT2D eigenvalue weighted by Crippen LogP contribution is 2.18. The van der Waals surface area contributed by atoms with Crippen LogP contribution in [0.4, 0.5) is 10.1 Å². The number of benzene rings is 1. The lowest BCUT2D eigenvalue weighted by Gasteiger charge is -2.11. The summed E-state index contributed by atoms with van der Waals surface area (Å²) >= 11 is 0. The number of aliphatic hydroxyl groups is 1. The molecular formula is C9H12FN3O4S. The molecule has 6 N–H and O–H groups in total. The second kappa shape index (κ2) is 5.29. The van der Waals surface area contributed by atoms with Crippen molar-refractivity contribution in [2.24, 2.45) is 5.73 Å². The standard InChI is InChI=1S/C9H12FN3O4S/c10-5-1-2-8(6(11)3-5)18(16,17)13-4-7(14)9(12)15/h1-3,7,13-14H,4,11H2,(H2,12,15). The molecule has 0 aliphatic heterocycles. The zero-order chi connectivity index (χ0) is 13.9. The van der Waals surface area contributed by atoms with E-state index in [2.05, 4.69) is 0 Å². The largest absolute Gasteiger partial charge is 0.398 e. The maximum atomic E-state index is 12.8. The summed E-state index contributed by atoms with van der Waals surface area (Å²) in [6.45, 7) is -0.589. The molecule has 0 bridgehead atoms. The number of nitrogens with two attached hydrogens (primary N) is 2. The van der Waals surface area contributed by atoms with Gasteiger partial charge in [-0.2, -0.15) is 0 Å². The van der Waals surface area contributed by atoms with Gasteiger partial charge in [-0.25, -0.2) is 17.5 Å². The second-order valence-corrected chi connectivity index (χ2v) is 5.19. The molecule has 0 aromatic heterocycles. The Hall–Kier alpha value is -1.71. The maximum absolute atomic E-state index is 12.8. The number of nitrogens with one attached hydrogen (secondary N) is 1. The van der Waals surface area contributed by atoms with Gasteiger partial charge in [-0.1, -0.05) is 0 Å². The quantitative estimate of drug-likeness (QED) is 0.487. The zero-order valence-corrected chi connectivity index (χ0v) is 9.95. The van der Waals surface area contributed by atoms with Gasteiger partial charge in [0.25, 0.3) is 0 Å². The Bertz CT molecular complexity index is 561. The Morgan fingerprint density at radius 1 is 1.50 bits per heavy atom. The monoisotopic (exact) mass is 277 g/mol. The minimum atomic E-state index is -4.05. The van der Waals surface area contributed by atoms with E-state index < -0.39 is 34.4 Å². The lowest BCUT2D eigenvalue weighted by molar-refractivity contribution is -0.125. The molecule has 0 heterocycles. The van der Waals surface area contributed by atoms with Crippen LogP contribution >= 0.6 is 0 Å². The van der Waals surface area contributed by atoms with E-state index in [0.29, 0.717) is 0 Å². The van der Waals surface area contributed by atoms with Gasteiger partial charge in [-0.15, -0.1) is 0 Å². The summed E-state index contributed by atoms with van der Waals surface area (Å²) in [6, 6.07) is 2.75. The molecule has 0 spiro atoms. The van der Waals surface area contributed by atoms with Crippen molar-refractivity contribution >= 4 is 21.6 Å². The summed E-state index contributed by atoms with van der Waals surface area (Å²) in [5, 5.41) is 9.06. The van der Waals surface area contributed by atoms with Gasteiger partial charge in [0.2, 0.25) is 15.9 Å². The van der Waals surface area contributed by atoms with Crippen LogP contribution in [-0.4, -0.2) is 32.1 Å². The number of aliphatic hydroxyl groups excluding tert-OH is 1. The van der Waals surface area contributed by atoms with Crippen molar-refractivity contribution in [2.75, 3.05) is 12.3 Å². The third-order valence-electron chi connectivity index (χ3n) is 2.06. The van der Waals surface area contributed by atoms with Crippen molar-refractivity contribution in [3.8, 4) is 0 Å². The molecule has 1 atom stereocenters. The minimum Gasteiger partial charge on any atom is -0.398 e. The van der Waals surface area contributed by atoms with Crippen LogP contribution in [0, 0.1) is 5.82 Å². The van der Waals surface area contributed by atoms with Crippen LogP contribution in [0.3, 0.4) is 0 Å². The van der Waals surface area contributed by atoms with Gasteiger partial charge in [0, 0.05) is 6.54 Å². The smallest absolute Gasteiger partial charge is 0.247 e. The van der Waals surface area contributed by atoms with Gasteiger partial charge in [-0.3, -0.25) is 4.79 Å². The Kier molecular flexibility index (Phi) is 4.22. The van der Waals surface area contributed by atoms with Crippen LogP contribution in [-0.2, 0) is 14.8 Å². The number of primary amides is 1. The first-order chi connectivity index (χ1) is 8.24. The van der Waals surface area contributed by atoms with Crippen LogP contribution in [0.5, 0.6) is 0 Å². The molecule has 1 aromatic rings. The van der Waals surface area contributed by atoms with E-state index in [-0.39, 0.29) is 10.6 Å². The zero-order valence-electron chi connectivity index (χ0n) is 9.13. The highest BCUT2D eigenvalue weighted by atomic mass is 32.2. The Morgan fingerprint density at radius 2 is 2.11 bits per heavy atom. The number of rotatable bonds is 5. The van der Waals surface area contributed by atoms with E-state index in [9.17, 15) is 17.6 Å². The summed E-state index contributed by atoms with van der Waals surface area (Å²) in [5.74, 6) is -1.74. The first kappa shape index (κ1) is 14.4. The molecule has 7 nitrogen and oxygen atoms in total. The van der Waals surface area contributed by atoms with Crippen molar-refractivity contribution in [3.63, 3.8) is 0 Å². The van der Waals surface area contributed by atoms with Gasteiger partial charge >= 0.3 is 0 Å². The molecule has 0 saturated carbocycles. The van der Waals surface area contributed by atoms with Crippen molar-refractivity contribution in [1.82, 2.24) is 4.72 Å². The highest BCUT2D eigenvalue weighted by Gasteiger charge is 2.20. The predicted octanol–water partition coefficient (Wildman–Crippen LogP) is -1.47. The van der Waals surface area contributed by atoms with E-state index in [1.807, 2.05) is 4.72 Å². The topological polar surface area (TPSA) is 136 Å². The number of sulfonamides is 1. The van der Waals surface area contributed by atoms with Gasteiger partial charge in [-0.05, 0) is 18.2 Å². The summed E-state index contributed by atoms with van der Waals surface area (Å²) in [5.41, 5.74) is 9.83. The fraction of sp³-hybridized carbons (Fsp3) is 0.222. The van der Waals surface area contributed by atoms with E-state index in [0.717, 1.165) is 18.2 Å². The number of carbonyl (C=O) groups excluding carboxylic acids is 1. The molecule has 1 aromatic carbocycles. The summed E-state index contributed by atoms with van der Waals surface area (Å²) < 4.78 is 38.1. The number of amides is 1. The van der Waals surface area contributed by atoms with E-state index in [1.165, 1.54) is 0 Å². The first-order valence-corrected chi connectivity index (χ1v) is 6.24. The van der Waals surface area contributed by atoms with Crippen molar-refractivity contribution in [3.05, 3.63) is 24.0 Å². The third kappa shape index (κ3) is 3.39. The third-order valence-corrected chi connectivity index (χ3v) is 3.55. The van der Waals surface area contributed by atoms with Crippen LogP contribution in [0.2, 0.25) is 0 Å². The number of halogens is 1. The van der Waals surface area contributed by atoms with E-state index in [1.54, 1.807) is 0 Å². The normalized spacial score (nSPS) is 13.2. The summed E-state index contributed by atoms with van der Waals surface area (Å²) in [4.78, 5) is 10.2. The number of carbonyl (C=O) groups is 1. The lowest BCUT2D eigenvalue weighted by atomic mass is 10.3. The van der Waals surface area contributed by atoms with Crippen LogP contribution in [0.15, 0.2) is 23.1 Å². The molecule has 0 radical (unpaired) electrons. The summed E-state index contributed by atoms with van der Waals surface area (Å²) in [7, 11) is -4.05. The lowest BCUT2D eigenvalue weighted by Crippen LogP contribution is -2.40. The Labute approximate surface area is 103 Å². The average Bonchev–Trinajstić information content (AvgIpc) is 2.25. The maximum Gasteiger partial charge on any atom is 0.247 e. The predicted molar refractivity (Wildman–Crippen MR) is 61.2 cm³/mol. The van der Waals surface area contributed by atoms with Gasteiger partial charge in [0.15, 0.2) is 0 Å². The van der Waals surface area contributed by atoms with Crippen LogP contribution < -0.4 is 16.2 Å². The van der Waals surface area contributed by atoms with Crippen LogP contribution in [0.1, 0.15) is 0 Å². The number of anilines is 1. The molecule has 9 heteroatoms. The van der Waals surface area contributed by atoms with Gasteiger partial charge in [0.05, 0.1) is 5.69 Å². The average molecular weight is 277 g/mol. The Morgan fingerprint density at radius 3 is 2.61 bits per heavy atom. The number of hydrogen-bond acceptors (Lipinski definition) is 5. The SMILES string of the molecule is NC(=O)C(O)CNS(=O)(=O)c1ccc(F)cc1N. The molecule has 1 amide bonds. The van der Waals surface area contributed by atoms with E-state index >= 15 is 0 Å². The van der Waals surface area contributed by atoms with Gasteiger partial charge in [0.1, 0.15) is 16.8 Å². The minimum absolute atomic E-state index is 0.281. The Balaban J connectivity index is 2.90. The molecule has 1 rings (SSSR count). The van der Waals surface area contributed by atoms with E-state index in [4.69, 9.17) is 16.6 Å².